The van der Waals surface area contributed by atoms with E-state index in [-0.39, 0.29) is 23.6 Å². The van der Waals surface area contributed by atoms with Crippen molar-refractivity contribution in [1.82, 2.24) is 29.4 Å². The maximum atomic E-state index is 15.6. The fraction of sp³-hybridized carbons (Fsp3) is 0.281. The molecule has 7 rings (SSSR count). The highest BCUT2D eigenvalue weighted by Crippen LogP contribution is 2.46. The first-order chi connectivity index (χ1) is 20.4. The molecule has 2 aromatic carbocycles. The van der Waals surface area contributed by atoms with E-state index in [1.807, 2.05) is 46.8 Å². The molecule has 3 atom stereocenters. The second kappa shape index (κ2) is 10.2. The molecule has 1 aliphatic carbocycles. The summed E-state index contributed by atoms with van der Waals surface area (Å²) in [4.78, 5) is 32.4. The first kappa shape index (κ1) is 26.1. The van der Waals surface area contributed by atoms with Crippen LogP contribution < -0.4 is 10.1 Å². The Labute approximate surface area is 242 Å². The summed E-state index contributed by atoms with van der Waals surface area (Å²) in [5, 5.41) is 3.14. The summed E-state index contributed by atoms with van der Waals surface area (Å²) in [6, 6.07) is 13.1. The Morgan fingerprint density at radius 2 is 2.00 bits per heavy atom. The highest BCUT2D eigenvalue weighted by molar-refractivity contribution is 5.88. The normalized spacial score (nSPS) is 19.8. The highest BCUT2D eigenvalue weighted by atomic mass is 19.1. The molecule has 10 heteroatoms. The zero-order chi connectivity index (χ0) is 29.0. The Morgan fingerprint density at radius 3 is 2.86 bits per heavy atom. The molecule has 3 aromatic heterocycles. The minimum atomic E-state index is -0.440. The molecular formula is C32H30FN7O2. The first-order valence-electron chi connectivity index (χ1n) is 14.1. The number of aromatic nitrogens is 5. The summed E-state index contributed by atoms with van der Waals surface area (Å²) < 4.78 is 23.6. The van der Waals surface area contributed by atoms with Gasteiger partial charge in [0.25, 0.3) is 0 Å². The van der Waals surface area contributed by atoms with E-state index in [0.717, 1.165) is 42.5 Å². The first-order valence-corrected chi connectivity index (χ1v) is 14.1. The Bertz CT molecular complexity index is 1870. The number of fused-ring (bicyclic) bond motifs is 3. The molecule has 0 bridgehead atoms. The standard InChI is InChI=1S/C32H30FN7O2/c1-4-29(41)40-12-11-19-13-20(14-27(19)40)22-6-7-24-31(37-22)32(35-16-34-24)38-23-8-10-28(18(2)30(23)33)42-21-5-9-26-25(15-21)36-17-39(26)3/h4-10,15-17,19-20,27H,1,11-14H2,2-3H3,(H,34,35,38)/t19-,20+,27+/m0/s1. The van der Waals surface area contributed by atoms with Crippen LogP contribution in [0.25, 0.3) is 22.1 Å². The van der Waals surface area contributed by atoms with Crippen LogP contribution in [0.3, 0.4) is 0 Å². The Hall–Kier alpha value is -4.86. The van der Waals surface area contributed by atoms with Crippen molar-refractivity contribution in [2.24, 2.45) is 13.0 Å². The molecule has 0 spiro atoms. The molecule has 1 saturated carbocycles. The van der Waals surface area contributed by atoms with Gasteiger partial charge in [0.2, 0.25) is 5.91 Å². The zero-order valence-electron chi connectivity index (χ0n) is 23.4. The van der Waals surface area contributed by atoms with Crippen molar-refractivity contribution in [2.75, 3.05) is 11.9 Å². The number of anilines is 2. The minimum absolute atomic E-state index is 0.00230. The number of pyridine rings is 1. The van der Waals surface area contributed by atoms with Gasteiger partial charge in [0.15, 0.2) is 11.6 Å². The molecule has 1 saturated heterocycles. The molecule has 5 aromatic rings. The lowest BCUT2D eigenvalue weighted by Crippen LogP contribution is -2.34. The van der Waals surface area contributed by atoms with Gasteiger partial charge in [0.05, 0.1) is 28.6 Å². The maximum Gasteiger partial charge on any atom is 0.246 e. The molecule has 2 fully saturated rings. The largest absolute Gasteiger partial charge is 0.457 e. The SMILES string of the molecule is C=CC(=O)N1CC[C@H]2C[C@@H](c3ccc4ncnc(Nc5ccc(Oc6ccc7c(c6)ncn7C)c(C)c5F)c4n3)C[C@H]21. The summed E-state index contributed by atoms with van der Waals surface area (Å²) in [5.41, 5.74) is 4.60. The second-order valence-corrected chi connectivity index (χ2v) is 11.1. The van der Waals surface area contributed by atoms with Crippen molar-refractivity contribution in [1.29, 1.82) is 0 Å². The number of ether oxygens (including phenoxy) is 1. The molecule has 4 heterocycles. The average Bonchev–Trinajstić information content (AvgIpc) is 3.71. The number of halogens is 1. The van der Waals surface area contributed by atoms with E-state index in [0.29, 0.717) is 39.8 Å². The van der Waals surface area contributed by atoms with Crippen molar-refractivity contribution in [3.63, 3.8) is 0 Å². The lowest BCUT2D eigenvalue weighted by Gasteiger charge is -2.23. The monoisotopic (exact) mass is 563 g/mol. The fourth-order valence-electron chi connectivity index (χ4n) is 6.48. The lowest BCUT2D eigenvalue weighted by molar-refractivity contribution is -0.126. The number of nitrogens with zero attached hydrogens (tertiary/aromatic N) is 6. The van der Waals surface area contributed by atoms with Crippen molar-refractivity contribution in [2.45, 2.75) is 38.1 Å². The van der Waals surface area contributed by atoms with Gasteiger partial charge in [-0.1, -0.05) is 6.58 Å². The number of carbonyl (C=O) groups excluding carboxylic acids is 1. The van der Waals surface area contributed by atoms with Crippen LogP contribution in [0.15, 0.2) is 67.8 Å². The smallest absolute Gasteiger partial charge is 0.246 e. The van der Waals surface area contributed by atoms with Crippen LogP contribution >= 0.6 is 0 Å². The van der Waals surface area contributed by atoms with Crippen molar-refractivity contribution >= 4 is 39.5 Å². The summed E-state index contributed by atoms with van der Waals surface area (Å²) in [6.07, 6.45) is 7.43. The number of amides is 1. The van der Waals surface area contributed by atoms with Gasteiger partial charge in [0.1, 0.15) is 23.3 Å². The van der Waals surface area contributed by atoms with Gasteiger partial charge in [-0.3, -0.25) is 4.79 Å². The Morgan fingerprint density at radius 1 is 1.12 bits per heavy atom. The molecule has 1 amide bonds. The predicted octanol–water partition coefficient (Wildman–Crippen LogP) is 6.18. The Balaban J connectivity index is 1.14. The summed E-state index contributed by atoms with van der Waals surface area (Å²) >= 11 is 0. The third-order valence-corrected chi connectivity index (χ3v) is 8.69. The van der Waals surface area contributed by atoms with E-state index in [4.69, 9.17) is 9.72 Å². The number of carbonyl (C=O) groups is 1. The van der Waals surface area contributed by atoms with Gasteiger partial charge < -0.3 is 19.5 Å². The number of hydrogen-bond acceptors (Lipinski definition) is 7. The number of likely N-dealkylation sites (tertiary alicyclic amines) is 1. The van der Waals surface area contributed by atoms with E-state index >= 15 is 4.39 Å². The van der Waals surface area contributed by atoms with Crippen LogP contribution in [0.2, 0.25) is 0 Å². The molecular weight excluding hydrogens is 533 g/mol. The van der Waals surface area contributed by atoms with Crippen LogP contribution in [0.1, 0.15) is 36.4 Å². The molecule has 212 valence electrons. The number of rotatable bonds is 6. The molecule has 0 unspecified atom stereocenters. The maximum absolute atomic E-state index is 15.6. The van der Waals surface area contributed by atoms with Crippen molar-refractivity contribution in [3.8, 4) is 11.5 Å². The van der Waals surface area contributed by atoms with Crippen LogP contribution in [0.4, 0.5) is 15.9 Å². The fourth-order valence-corrected chi connectivity index (χ4v) is 6.48. The Kier molecular flexibility index (Phi) is 6.33. The van der Waals surface area contributed by atoms with Crippen LogP contribution in [0.5, 0.6) is 11.5 Å². The number of benzene rings is 2. The van der Waals surface area contributed by atoms with Gasteiger partial charge in [0, 0.05) is 42.9 Å². The average molecular weight is 564 g/mol. The van der Waals surface area contributed by atoms with Crippen molar-refractivity contribution in [3.05, 3.63) is 84.8 Å². The van der Waals surface area contributed by atoms with E-state index in [2.05, 4.69) is 26.8 Å². The number of hydrogen-bond donors (Lipinski definition) is 1. The predicted molar refractivity (Wildman–Crippen MR) is 158 cm³/mol. The number of aryl methyl sites for hydroxylation is 1. The highest BCUT2D eigenvalue weighted by Gasteiger charge is 2.44. The lowest BCUT2D eigenvalue weighted by atomic mass is 9.99. The molecule has 1 N–H and O–H groups in total. The molecule has 2 aliphatic rings. The van der Waals surface area contributed by atoms with Crippen LogP contribution in [0, 0.1) is 18.7 Å². The van der Waals surface area contributed by atoms with Gasteiger partial charge in [-0.15, -0.1) is 0 Å². The third kappa shape index (κ3) is 4.43. The molecule has 0 radical (unpaired) electrons. The second-order valence-electron chi connectivity index (χ2n) is 11.1. The quantitative estimate of drug-likeness (QED) is 0.247. The van der Waals surface area contributed by atoms with Gasteiger partial charge in [-0.05, 0) is 74.6 Å². The van der Waals surface area contributed by atoms with Crippen LogP contribution in [-0.4, -0.2) is 47.9 Å². The summed E-state index contributed by atoms with van der Waals surface area (Å²) in [7, 11) is 1.93. The number of imidazole rings is 1. The summed E-state index contributed by atoms with van der Waals surface area (Å²) in [6.45, 7) is 6.13. The molecule has 9 nitrogen and oxygen atoms in total. The topological polar surface area (TPSA) is 98.1 Å². The zero-order valence-corrected chi connectivity index (χ0v) is 23.4. The van der Waals surface area contributed by atoms with Gasteiger partial charge in [-0.25, -0.2) is 24.3 Å². The number of nitrogens with one attached hydrogen (secondary N) is 1. The third-order valence-electron chi connectivity index (χ3n) is 8.69. The van der Waals surface area contributed by atoms with Crippen molar-refractivity contribution < 1.29 is 13.9 Å². The van der Waals surface area contributed by atoms with Crippen LogP contribution in [-0.2, 0) is 11.8 Å². The minimum Gasteiger partial charge on any atom is -0.457 e. The van der Waals surface area contributed by atoms with E-state index < -0.39 is 5.82 Å². The van der Waals surface area contributed by atoms with E-state index in [1.165, 1.54) is 12.4 Å². The summed E-state index contributed by atoms with van der Waals surface area (Å²) in [5.74, 6) is 1.66. The van der Waals surface area contributed by atoms with E-state index in [9.17, 15) is 4.79 Å². The molecule has 42 heavy (non-hydrogen) atoms. The van der Waals surface area contributed by atoms with Gasteiger partial charge in [-0.2, -0.15) is 0 Å². The van der Waals surface area contributed by atoms with Gasteiger partial charge >= 0.3 is 0 Å². The molecule has 1 aliphatic heterocycles. The van der Waals surface area contributed by atoms with E-state index in [1.54, 1.807) is 25.4 Å².